The summed E-state index contributed by atoms with van der Waals surface area (Å²) in [6.45, 7) is 6.88. The Morgan fingerprint density at radius 2 is 0.685 bits per heavy atom. The molecule has 19 rings (SSSR count). The molecule has 6 heterocycles. The smallest absolute Gasteiger partial charge is 0.252 e. The molecule has 0 aliphatic carbocycles. The van der Waals surface area contributed by atoms with Crippen LogP contribution in [0.15, 0.2) is 279 Å². The van der Waals surface area contributed by atoms with Gasteiger partial charge < -0.3 is 28.4 Å². The Morgan fingerprint density at radius 3 is 1.15 bits per heavy atom. The molecule has 7 heteroatoms. The molecule has 0 unspecified atom stereocenters. The molecule has 0 saturated carbocycles. The van der Waals surface area contributed by atoms with Crippen LogP contribution in [0, 0.1) is 0 Å². The minimum atomic E-state index is -0.277. The van der Waals surface area contributed by atoms with E-state index in [1.54, 1.807) is 0 Å². The van der Waals surface area contributed by atoms with Gasteiger partial charge in [0.2, 0.25) is 0 Å². The molecular formula is C82H55BN4O2. The topological polar surface area (TPSA) is 34.8 Å². The summed E-state index contributed by atoms with van der Waals surface area (Å²) in [5, 5.41) is 4.60. The van der Waals surface area contributed by atoms with E-state index < -0.39 is 0 Å². The van der Waals surface area contributed by atoms with Gasteiger partial charge in [0.1, 0.15) is 23.0 Å². The number of fused-ring (bicyclic) bond motifs is 22. The molecule has 0 N–H and O–H groups in total. The van der Waals surface area contributed by atoms with Crippen LogP contribution in [0.5, 0.6) is 23.0 Å². The number of benzene rings is 13. The summed E-state index contributed by atoms with van der Waals surface area (Å²) in [7, 11) is 0. The molecule has 13 aromatic carbocycles. The summed E-state index contributed by atoms with van der Waals surface area (Å²) in [6.07, 6.45) is 0. The van der Waals surface area contributed by atoms with Crippen molar-refractivity contribution in [1.82, 2.24) is 9.13 Å². The third-order valence-electron chi connectivity index (χ3n) is 19.2. The third kappa shape index (κ3) is 7.15. The lowest BCUT2D eigenvalue weighted by Gasteiger charge is -2.47. The number of hydrogen-bond donors (Lipinski definition) is 0. The van der Waals surface area contributed by atoms with Gasteiger partial charge in [-0.25, -0.2) is 0 Å². The van der Waals surface area contributed by atoms with E-state index in [0.717, 1.165) is 146 Å². The average molecular weight is 1140 g/mol. The quantitative estimate of drug-likeness (QED) is 0.162. The number of para-hydroxylation sites is 10. The van der Waals surface area contributed by atoms with Crippen molar-refractivity contribution in [2.24, 2.45) is 0 Å². The first-order valence-corrected chi connectivity index (χ1v) is 30.9. The fraction of sp³-hybridized carbons (Fsp3) is 0.0488. The number of ether oxygens (including phenoxy) is 2. The van der Waals surface area contributed by atoms with Gasteiger partial charge in [-0.1, -0.05) is 203 Å². The third-order valence-corrected chi connectivity index (χ3v) is 19.2. The summed E-state index contributed by atoms with van der Waals surface area (Å²) >= 11 is 0. The Hall–Kier alpha value is -11.3. The molecule has 0 radical (unpaired) electrons. The van der Waals surface area contributed by atoms with E-state index in [1.807, 2.05) is 0 Å². The molecular weight excluding hydrogens is 1080 g/mol. The summed E-state index contributed by atoms with van der Waals surface area (Å²) in [6, 6.07) is 103. The van der Waals surface area contributed by atoms with Crippen LogP contribution in [0.4, 0.5) is 34.1 Å². The van der Waals surface area contributed by atoms with Crippen molar-refractivity contribution in [1.29, 1.82) is 0 Å². The van der Waals surface area contributed by atoms with Crippen LogP contribution >= 0.6 is 0 Å². The summed E-state index contributed by atoms with van der Waals surface area (Å²) in [5.41, 5.74) is 26.4. The largest absolute Gasteiger partial charge is 0.456 e. The molecule has 15 aromatic rings. The number of anilines is 6. The standard InChI is InChI=1S/C82H55BN4O2/c1-82(2,3)50-44-73-79-74(45-50)87-70-41-19-13-31-56(70)64-47-72-62(54-29-11-17-39-68(54)85(72)52-26-8-5-9-27-52)49-78(64)89-76-43-21-15-33-58(76)60-35-23-37-66(81(60)87)83(79)65-36-22-34-59-57-32-14-20-42-75(57)88-77-48-61-53-28-10-16-38-67(53)84(51-24-6-4-7-25-51)71(61)46-63(77)55-30-12-18-40-69(55)86(73)80(59)65/h4-49H,1-3H3. The van der Waals surface area contributed by atoms with Gasteiger partial charge >= 0.3 is 0 Å². The van der Waals surface area contributed by atoms with Crippen molar-refractivity contribution in [2.45, 2.75) is 26.2 Å². The molecule has 4 aliphatic rings. The lowest BCUT2D eigenvalue weighted by molar-refractivity contribution is 0.487. The molecule has 4 aliphatic heterocycles. The molecule has 6 nitrogen and oxygen atoms in total. The van der Waals surface area contributed by atoms with E-state index in [-0.39, 0.29) is 12.1 Å². The van der Waals surface area contributed by atoms with Crippen LogP contribution in [-0.2, 0) is 5.41 Å². The fourth-order valence-electron chi connectivity index (χ4n) is 15.3. The van der Waals surface area contributed by atoms with Gasteiger partial charge in [-0.2, -0.15) is 0 Å². The van der Waals surface area contributed by atoms with Crippen molar-refractivity contribution in [3.05, 3.63) is 285 Å². The first-order valence-electron chi connectivity index (χ1n) is 30.9. The van der Waals surface area contributed by atoms with Crippen LogP contribution < -0.4 is 35.7 Å². The van der Waals surface area contributed by atoms with E-state index in [4.69, 9.17) is 9.47 Å². The molecule has 0 amide bonds. The Balaban J connectivity index is 0.937. The second-order valence-electron chi connectivity index (χ2n) is 25.1. The first-order chi connectivity index (χ1) is 43.8. The van der Waals surface area contributed by atoms with Crippen LogP contribution in [0.2, 0.25) is 0 Å². The highest BCUT2D eigenvalue weighted by atomic mass is 16.5. The van der Waals surface area contributed by atoms with E-state index in [0.29, 0.717) is 0 Å². The predicted molar refractivity (Wildman–Crippen MR) is 370 cm³/mol. The lowest BCUT2D eigenvalue weighted by Crippen LogP contribution is -2.61. The number of aromatic nitrogens is 2. The minimum Gasteiger partial charge on any atom is -0.456 e. The van der Waals surface area contributed by atoms with Crippen molar-refractivity contribution in [2.75, 3.05) is 9.80 Å². The maximum atomic E-state index is 7.52. The van der Waals surface area contributed by atoms with Gasteiger partial charge in [-0.3, -0.25) is 0 Å². The number of nitrogens with zero attached hydrogens (tertiary/aromatic N) is 4. The van der Waals surface area contributed by atoms with Crippen LogP contribution in [0.25, 0.3) is 99.5 Å². The van der Waals surface area contributed by atoms with E-state index in [1.165, 1.54) is 32.7 Å². The highest BCUT2D eigenvalue weighted by Gasteiger charge is 2.47. The van der Waals surface area contributed by atoms with Gasteiger partial charge in [0.15, 0.2) is 0 Å². The molecule has 0 fully saturated rings. The zero-order valence-electron chi connectivity index (χ0n) is 49.2. The molecule has 2 aromatic heterocycles. The van der Waals surface area contributed by atoms with Gasteiger partial charge in [0.25, 0.3) is 6.71 Å². The maximum Gasteiger partial charge on any atom is 0.252 e. The Labute approximate surface area is 516 Å². The van der Waals surface area contributed by atoms with Crippen LogP contribution in [0.1, 0.15) is 26.3 Å². The minimum absolute atomic E-state index is 0.195. The molecule has 0 spiro atoms. The second kappa shape index (κ2) is 18.6. The number of hydrogen-bond acceptors (Lipinski definition) is 4. The van der Waals surface area contributed by atoms with Gasteiger partial charge in [0, 0.05) is 100 Å². The highest BCUT2D eigenvalue weighted by Crippen LogP contribution is 2.57. The summed E-state index contributed by atoms with van der Waals surface area (Å²) < 4.78 is 19.9. The lowest BCUT2D eigenvalue weighted by atomic mass is 9.33. The number of rotatable bonds is 2. The van der Waals surface area contributed by atoms with Gasteiger partial charge in [-0.05, 0) is 124 Å². The zero-order valence-corrected chi connectivity index (χ0v) is 49.2. The Morgan fingerprint density at radius 1 is 0.292 bits per heavy atom. The Kier molecular flexibility index (Phi) is 10.4. The first kappa shape index (κ1) is 49.9. The normalized spacial score (nSPS) is 13.2. The monoisotopic (exact) mass is 1140 g/mol. The van der Waals surface area contributed by atoms with Crippen LogP contribution in [-0.4, -0.2) is 15.8 Å². The highest BCUT2D eigenvalue weighted by molar-refractivity contribution is 7.00. The second-order valence-corrected chi connectivity index (χ2v) is 25.1. The maximum absolute atomic E-state index is 7.52. The van der Waals surface area contributed by atoms with E-state index in [9.17, 15) is 0 Å². The van der Waals surface area contributed by atoms with Crippen molar-refractivity contribution in [3.63, 3.8) is 0 Å². The SMILES string of the molecule is CC(C)(C)c1cc2c3c(c1)N1c4ccccc4-c4cc5c(cc4Oc4ccccc4-c4cccc(c41)B3c1cccc3c1N2c1ccccc1-c1cc2c(cc1Oc1ccccc1-3)c1ccccc1n2-c1ccccc1)c1ccccc1n5-c1ccccc1. The predicted octanol–water partition coefficient (Wildman–Crippen LogP) is 20.1. The molecule has 0 bridgehead atoms. The summed E-state index contributed by atoms with van der Waals surface area (Å²) in [5.74, 6) is 3.18. The van der Waals surface area contributed by atoms with Crippen molar-refractivity contribution in [3.8, 4) is 78.9 Å². The molecule has 0 atom stereocenters. The average Bonchev–Trinajstić information content (AvgIpc) is 1.55. The zero-order chi connectivity index (χ0) is 58.8. The molecule has 418 valence electrons. The molecule has 0 saturated heterocycles. The molecule has 89 heavy (non-hydrogen) atoms. The van der Waals surface area contributed by atoms with Crippen LogP contribution in [0.3, 0.4) is 0 Å². The van der Waals surface area contributed by atoms with Gasteiger partial charge in [0.05, 0.1) is 33.4 Å². The fourth-order valence-corrected chi connectivity index (χ4v) is 15.3. The summed E-state index contributed by atoms with van der Waals surface area (Å²) in [4.78, 5) is 5.26. The van der Waals surface area contributed by atoms with Gasteiger partial charge in [-0.15, -0.1) is 0 Å². The van der Waals surface area contributed by atoms with E-state index in [2.05, 4.69) is 319 Å². The Bertz CT molecular complexity index is 5190. The van der Waals surface area contributed by atoms with Crippen molar-refractivity contribution < 1.29 is 9.47 Å². The van der Waals surface area contributed by atoms with Crippen molar-refractivity contribution >= 4 is 101 Å². The van der Waals surface area contributed by atoms with E-state index >= 15 is 0 Å².